The van der Waals surface area contributed by atoms with E-state index in [9.17, 15) is 4.79 Å². The maximum Gasteiger partial charge on any atom is 0.179 e. The van der Waals surface area contributed by atoms with Gasteiger partial charge < -0.3 is 0 Å². The molecule has 0 aliphatic heterocycles. The molecular weight excluding hydrogens is 224 g/mol. The van der Waals surface area contributed by atoms with Crippen LogP contribution < -0.4 is 0 Å². The molecule has 2 aromatic rings. The molecule has 0 unspecified atom stereocenters. The predicted octanol–water partition coefficient (Wildman–Crippen LogP) is 2.57. The van der Waals surface area contributed by atoms with Gasteiger partial charge in [-0.2, -0.15) is 0 Å². The molecule has 0 N–H and O–H groups in total. The monoisotopic (exact) mass is 232 g/mol. The number of rotatable bonds is 3. The summed E-state index contributed by atoms with van der Waals surface area (Å²) in [5.74, 6) is -0.139. The number of halogens is 1. The minimum Gasteiger partial charge on any atom is -0.293 e. The molecule has 4 heteroatoms. The lowest BCUT2D eigenvalue weighted by Gasteiger charge is -2.01. The number of alkyl halides is 1. The Morgan fingerprint density at radius 3 is 2.69 bits per heavy atom. The number of ketones is 1. The van der Waals surface area contributed by atoms with Gasteiger partial charge in [-0.25, -0.2) is 0 Å². The summed E-state index contributed by atoms with van der Waals surface area (Å²) in [6.07, 6.45) is 4.97. The first-order valence-electron chi connectivity index (χ1n) is 4.77. The van der Waals surface area contributed by atoms with Crippen LogP contribution in [0.1, 0.15) is 10.4 Å². The Labute approximate surface area is 98.1 Å². The number of aromatic nitrogens is 2. The molecule has 0 bridgehead atoms. The zero-order valence-electron chi connectivity index (χ0n) is 8.43. The lowest BCUT2D eigenvalue weighted by molar-refractivity contribution is 0.102. The van der Waals surface area contributed by atoms with E-state index >= 15 is 0 Å². The molecule has 0 atom stereocenters. The summed E-state index contributed by atoms with van der Waals surface area (Å²) in [6, 6.07) is 7.27. The van der Waals surface area contributed by atoms with Gasteiger partial charge in [0.25, 0.3) is 0 Å². The summed E-state index contributed by atoms with van der Waals surface area (Å²) in [6.45, 7) is 0. The second kappa shape index (κ2) is 4.86. The molecule has 0 saturated heterocycles. The average molecular weight is 233 g/mol. The van der Waals surface area contributed by atoms with Gasteiger partial charge in [0.05, 0.1) is 11.6 Å². The zero-order chi connectivity index (χ0) is 11.4. The van der Waals surface area contributed by atoms with Crippen LogP contribution in [0.25, 0.3) is 11.3 Å². The molecule has 0 aliphatic rings. The van der Waals surface area contributed by atoms with Gasteiger partial charge in [0.2, 0.25) is 0 Å². The summed E-state index contributed by atoms with van der Waals surface area (Å²) in [7, 11) is 0. The Hall–Kier alpha value is -1.74. The van der Waals surface area contributed by atoms with Crippen LogP contribution in [0, 0.1) is 0 Å². The van der Waals surface area contributed by atoms with E-state index in [1.165, 1.54) is 6.20 Å². The minimum atomic E-state index is -0.119. The van der Waals surface area contributed by atoms with Crippen molar-refractivity contribution >= 4 is 17.4 Å². The van der Waals surface area contributed by atoms with E-state index in [0.29, 0.717) is 5.56 Å². The highest BCUT2D eigenvalue weighted by atomic mass is 35.5. The Morgan fingerprint density at radius 1 is 1.25 bits per heavy atom. The Bertz CT molecular complexity index is 482. The third-order valence-electron chi connectivity index (χ3n) is 2.16. The average Bonchev–Trinajstić information content (AvgIpc) is 2.39. The van der Waals surface area contributed by atoms with Gasteiger partial charge in [-0.05, 0) is 24.3 Å². The van der Waals surface area contributed by atoms with Crippen LogP contribution in [0.3, 0.4) is 0 Å². The van der Waals surface area contributed by atoms with E-state index in [2.05, 4.69) is 9.97 Å². The fraction of sp³-hybridized carbons (Fsp3) is 0.0833. The standard InChI is InChI=1S/C12H9ClN2O/c13-6-12(16)10-3-4-11(15-8-10)9-2-1-5-14-7-9/h1-5,7-8H,6H2. The number of hydrogen-bond acceptors (Lipinski definition) is 3. The molecule has 2 aromatic heterocycles. The third kappa shape index (κ3) is 2.25. The molecule has 80 valence electrons. The molecule has 0 radical (unpaired) electrons. The van der Waals surface area contributed by atoms with E-state index < -0.39 is 0 Å². The van der Waals surface area contributed by atoms with E-state index in [1.807, 2.05) is 12.1 Å². The summed E-state index contributed by atoms with van der Waals surface area (Å²) >= 11 is 5.46. The summed E-state index contributed by atoms with van der Waals surface area (Å²) in [5.41, 5.74) is 2.24. The Kier molecular flexibility index (Phi) is 3.27. The zero-order valence-corrected chi connectivity index (χ0v) is 9.19. The van der Waals surface area contributed by atoms with Gasteiger partial charge in [0.15, 0.2) is 5.78 Å². The van der Waals surface area contributed by atoms with Gasteiger partial charge in [-0.3, -0.25) is 14.8 Å². The maximum atomic E-state index is 11.3. The van der Waals surface area contributed by atoms with E-state index in [4.69, 9.17) is 11.6 Å². The second-order valence-corrected chi connectivity index (χ2v) is 3.50. The van der Waals surface area contributed by atoms with Gasteiger partial charge in [0.1, 0.15) is 0 Å². The molecule has 0 saturated carbocycles. The molecule has 0 fully saturated rings. The maximum absolute atomic E-state index is 11.3. The molecule has 3 nitrogen and oxygen atoms in total. The Morgan fingerprint density at radius 2 is 2.12 bits per heavy atom. The van der Waals surface area contributed by atoms with Crippen molar-refractivity contribution in [3.05, 3.63) is 48.4 Å². The van der Waals surface area contributed by atoms with Crippen LogP contribution in [0.15, 0.2) is 42.9 Å². The number of hydrogen-bond donors (Lipinski definition) is 0. The minimum absolute atomic E-state index is 0.0199. The number of Topliss-reactive ketones (excluding diaryl/α,β-unsaturated/α-hetero) is 1. The van der Waals surface area contributed by atoms with Crippen molar-refractivity contribution in [1.82, 2.24) is 9.97 Å². The number of nitrogens with zero attached hydrogens (tertiary/aromatic N) is 2. The lowest BCUT2D eigenvalue weighted by Crippen LogP contribution is -2.00. The van der Waals surface area contributed by atoms with Crippen molar-refractivity contribution in [2.75, 3.05) is 5.88 Å². The van der Waals surface area contributed by atoms with Gasteiger partial charge in [-0.15, -0.1) is 11.6 Å². The topological polar surface area (TPSA) is 42.9 Å². The number of pyridine rings is 2. The van der Waals surface area contributed by atoms with E-state index in [0.717, 1.165) is 11.3 Å². The number of carbonyl (C=O) groups excluding carboxylic acids is 1. The highest BCUT2D eigenvalue weighted by Gasteiger charge is 2.05. The van der Waals surface area contributed by atoms with E-state index in [1.54, 1.807) is 24.5 Å². The van der Waals surface area contributed by atoms with Crippen LogP contribution >= 0.6 is 11.6 Å². The van der Waals surface area contributed by atoms with Crippen LogP contribution in [-0.4, -0.2) is 21.6 Å². The highest BCUT2D eigenvalue weighted by Crippen LogP contribution is 2.15. The molecule has 0 aromatic carbocycles. The molecule has 2 heterocycles. The first kappa shape index (κ1) is 10.8. The third-order valence-corrected chi connectivity index (χ3v) is 2.41. The molecule has 0 amide bonds. The van der Waals surface area contributed by atoms with Gasteiger partial charge in [-0.1, -0.05) is 0 Å². The van der Waals surface area contributed by atoms with E-state index in [-0.39, 0.29) is 11.7 Å². The van der Waals surface area contributed by atoms with Crippen molar-refractivity contribution in [1.29, 1.82) is 0 Å². The van der Waals surface area contributed by atoms with Gasteiger partial charge in [0, 0.05) is 29.7 Å². The lowest BCUT2D eigenvalue weighted by atomic mass is 10.1. The molecule has 0 aliphatic carbocycles. The van der Waals surface area contributed by atoms with Crippen molar-refractivity contribution in [3.8, 4) is 11.3 Å². The fourth-order valence-electron chi connectivity index (χ4n) is 1.32. The largest absolute Gasteiger partial charge is 0.293 e. The van der Waals surface area contributed by atoms with Crippen LogP contribution in [0.4, 0.5) is 0 Å². The smallest absolute Gasteiger partial charge is 0.179 e. The SMILES string of the molecule is O=C(CCl)c1ccc(-c2cccnc2)nc1. The van der Waals surface area contributed by atoms with Crippen molar-refractivity contribution in [2.45, 2.75) is 0 Å². The quantitative estimate of drug-likeness (QED) is 0.603. The second-order valence-electron chi connectivity index (χ2n) is 3.23. The van der Waals surface area contributed by atoms with Crippen LogP contribution in [0.5, 0.6) is 0 Å². The van der Waals surface area contributed by atoms with Crippen molar-refractivity contribution in [2.24, 2.45) is 0 Å². The molecule has 0 spiro atoms. The van der Waals surface area contributed by atoms with Crippen molar-refractivity contribution < 1.29 is 4.79 Å². The van der Waals surface area contributed by atoms with Crippen molar-refractivity contribution in [3.63, 3.8) is 0 Å². The molecule has 2 rings (SSSR count). The highest BCUT2D eigenvalue weighted by molar-refractivity contribution is 6.30. The van der Waals surface area contributed by atoms with Gasteiger partial charge >= 0.3 is 0 Å². The fourth-order valence-corrected chi connectivity index (χ4v) is 1.48. The first-order valence-corrected chi connectivity index (χ1v) is 5.30. The number of carbonyl (C=O) groups is 1. The molecule has 16 heavy (non-hydrogen) atoms. The summed E-state index contributed by atoms with van der Waals surface area (Å²) < 4.78 is 0. The Balaban J connectivity index is 2.30. The summed E-state index contributed by atoms with van der Waals surface area (Å²) in [4.78, 5) is 19.5. The normalized spacial score (nSPS) is 10.1. The van der Waals surface area contributed by atoms with Crippen LogP contribution in [0.2, 0.25) is 0 Å². The predicted molar refractivity (Wildman–Crippen MR) is 62.5 cm³/mol. The summed E-state index contributed by atoms with van der Waals surface area (Å²) in [5, 5.41) is 0. The first-order chi connectivity index (χ1) is 7.81. The van der Waals surface area contributed by atoms with Crippen LogP contribution in [-0.2, 0) is 0 Å². The molecular formula is C12H9ClN2O.